The highest BCUT2D eigenvalue weighted by Crippen LogP contribution is 1.95. The number of methoxy groups -OCH3 is 1. The van der Waals surface area contributed by atoms with Crippen LogP contribution in [-0.4, -0.2) is 32.7 Å². The third-order valence-electron chi connectivity index (χ3n) is 2.13. The zero-order valence-electron chi connectivity index (χ0n) is 9.62. The van der Waals surface area contributed by atoms with E-state index >= 15 is 0 Å². The minimum Gasteiger partial charge on any atom is -0.385 e. The third kappa shape index (κ3) is 9.97. The minimum atomic E-state index is -0.0750. The molecule has 0 aliphatic heterocycles. The summed E-state index contributed by atoms with van der Waals surface area (Å²) < 4.78 is 4.92. The lowest BCUT2D eigenvalue weighted by Gasteiger charge is -2.09. The molecule has 1 atom stereocenters. The van der Waals surface area contributed by atoms with Crippen LogP contribution in [0.2, 0.25) is 0 Å². The molecule has 0 aromatic carbocycles. The van der Waals surface area contributed by atoms with Crippen molar-refractivity contribution in [2.75, 3.05) is 26.8 Å². The van der Waals surface area contributed by atoms with Gasteiger partial charge in [0.2, 0.25) is 5.91 Å². The molecule has 0 spiro atoms. The molecule has 0 saturated carbocycles. The molecule has 0 aromatic rings. The number of rotatable bonds is 8. The fourth-order valence-electron chi connectivity index (χ4n) is 1.04. The van der Waals surface area contributed by atoms with E-state index in [9.17, 15) is 4.79 Å². The summed E-state index contributed by atoms with van der Waals surface area (Å²) in [4.78, 5) is 11.2. The van der Waals surface area contributed by atoms with Gasteiger partial charge in [-0.3, -0.25) is 4.79 Å². The maximum absolute atomic E-state index is 11.2. The molecule has 0 aliphatic carbocycles. The molecule has 0 aromatic heterocycles. The molecular formula is C10H23ClN2O2. The first kappa shape index (κ1) is 17.1. The summed E-state index contributed by atoms with van der Waals surface area (Å²) in [7, 11) is 1.70. The predicted octanol–water partition coefficient (Wildman–Crippen LogP) is 0.936. The monoisotopic (exact) mass is 238 g/mol. The van der Waals surface area contributed by atoms with Crippen molar-refractivity contribution in [1.82, 2.24) is 5.32 Å². The first-order valence-corrected chi connectivity index (χ1v) is 5.19. The summed E-state index contributed by atoms with van der Waals surface area (Å²) in [5.41, 5.74) is 5.37. The minimum absolute atomic E-state index is 0. The SMILES string of the molecule is COCCCCCNC(=O)C(C)CN.Cl. The normalized spacial score (nSPS) is 11.7. The van der Waals surface area contributed by atoms with Gasteiger partial charge in [-0.15, -0.1) is 12.4 Å². The van der Waals surface area contributed by atoms with Crippen molar-refractivity contribution in [1.29, 1.82) is 0 Å². The van der Waals surface area contributed by atoms with Gasteiger partial charge in [-0.2, -0.15) is 0 Å². The zero-order valence-corrected chi connectivity index (χ0v) is 10.4. The van der Waals surface area contributed by atoms with E-state index in [1.807, 2.05) is 6.92 Å². The van der Waals surface area contributed by atoms with Crippen LogP contribution in [0.4, 0.5) is 0 Å². The summed E-state index contributed by atoms with van der Waals surface area (Å²) in [5.74, 6) is -0.0202. The lowest BCUT2D eigenvalue weighted by molar-refractivity contribution is -0.124. The molecular weight excluding hydrogens is 216 g/mol. The molecule has 0 rings (SSSR count). The van der Waals surface area contributed by atoms with E-state index in [0.29, 0.717) is 6.54 Å². The van der Waals surface area contributed by atoms with E-state index in [-0.39, 0.29) is 24.2 Å². The number of carbonyl (C=O) groups excluding carboxylic acids is 1. The van der Waals surface area contributed by atoms with Crippen LogP contribution in [0.25, 0.3) is 0 Å². The van der Waals surface area contributed by atoms with E-state index in [1.54, 1.807) is 7.11 Å². The average Bonchev–Trinajstić information content (AvgIpc) is 2.21. The maximum Gasteiger partial charge on any atom is 0.224 e. The number of ether oxygens (including phenoxy) is 1. The van der Waals surface area contributed by atoms with E-state index in [0.717, 1.165) is 32.4 Å². The zero-order chi connectivity index (χ0) is 10.8. The third-order valence-corrected chi connectivity index (χ3v) is 2.13. The average molecular weight is 239 g/mol. The number of hydrogen-bond acceptors (Lipinski definition) is 3. The quantitative estimate of drug-likeness (QED) is 0.619. The Morgan fingerprint density at radius 3 is 2.60 bits per heavy atom. The Morgan fingerprint density at radius 1 is 1.40 bits per heavy atom. The van der Waals surface area contributed by atoms with Gasteiger partial charge in [-0.25, -0.2) is 0 Å². The Hall–Kier alpha value is -0.320. The van der Waals surface area contributed by atoms with Gasteiger partial charge in [0, 0.05) is 32.7 Å². The van der Waals surface area contributed by atoms with Crippen LogP contribution in [0.1, 0.15) is 26.2 Å². The summed E-state index contributed by atoms with van der Waals surface area (Å²) in [6.45, 7) is 3.79. The Balaban J connectivity index is 0. The van der Waals surface area contributed by atoms with Gasteiger partial charge in [-0.1, -0.05) is 6.92 Å². The Morgan fingerprint density at radius 2 is 2.07 bits per heavy atom. The molecule has 0 bridgehead atoms. The number of nitrogens with two attached hydrogens (primary N) is 1. The second-order valence-corrected chi connectivity index (χ2v) is 3.48. The van der Waals surface area contributed by atoms with Crippen molar-refractivity contribution in [3.05, 3.63) is 0 Å². The highest BCUT2D eigenvalue weighted by molar-refractivity contribution is 5.85. The molecule has 0 radical (unpaired) electrons. The molecule has 0 saturated heterocycles. The van der Waals surface area contributed by atoms with Gasteiger partial charge in [0.05, 0.1) is 0 Å². The number of hydrogen-bond donors (Lipinski definition) is 2. The second kappa shape index (κ2) is 11.8. The van der Waals surface area contributed by atoms with Gasteiger partial charge in [0.25, 0.3) is 0 Å². The van der Waals surface area contributed by atoms with Crippen LogP contribution in [0, 0.1) is 5.92 Å². The summed E-state index contributed by atoms with van der Waals surface area (Å²) in [6, 6.07) is 0. The van der Waals surface area contributed by atoms with Crippen molar-refractivity contribution >= 4 is 18.3 Å². The van der Waals surface area contributed by atoms with Crippen LogP contribution in [-0.2, 0) is 9.53 Å². The van der Waals surface area contributed by atoms with Crippen molar-refractivity contribution < 1.29 is 9.53 Å². The molecule has 92 valence electrons. The number of unbranched alkanes of at least 4 members (excludes halogenated alkanes) is 2. The molecule has 5 heteroatoms. The molecule has 15 heavy (non-hydrogen) atoms. The van der Waals surface area contributed by atoms with E-state index < -0.39 is 0 Å². The van der Waals surface area contributed by atoms with Crippen LogP contribution in [0.5, 0.6) is 0 Å². The largest absolute Gasteiger partial charge is 0.385 e. The van der Waals surface area contributed by atoms with Gasteiger partial charge >= 0.3 is 0 Å². The lowest BCUT2D eigenvalue weighted by Crippen LogP contribution is -2.33. The van der Waals surface area contributed by atoms with Crippen molar-refractivity contribution in [2.45, 2.75) is 26.2 Å². The van der Waals surface area contributed by atoms with Crippen molar-refractivity contribution in [3.63, 3.8) is 0 Å². The number of amides is 1. The summed E-state index contributed by atoms with van der Waals surface area (Å²) in [5, 5.41) is 2.85. The molecule has 4 nitrogen and oxygen atoms in total. The number of carbonyl (C=O) groups is 1. The van der Waals surface area contributed by atoms with Crippen molar-refractivity contribution in [3.8, 4) is 0 Å². The molecule has 0 aliphatic rings. The van der Waals surface area contributed by atoms with E-state index in [4.69, 9.17) is 10.5 Å². The van der Waals surface area contributed by atoms with E-state index in [1.165, 1.54) is 0 Å². The lowest BCUT2D eigenvalue weighted by atomic mass is 10.1. The number of halogens is 1. The Bertz CT molecular complexity index is 156. The molecule has 1 amide bonds. The van der Waals surface area contributed by atoms with Crippen LogP contribution < -0.4 is 11.1 Å². The first-order chi connectivity index (χ1) is 6.72. The highest BCUT2D eigenvalue weighted by Gasteiger charge is 2.08. The topological polar surface area (TPSA) is 64.3 Å². The van der Waals surface area contributed by atoms with Crippen LogP contribution >= 0.6 is 12.4 Å². The molecule has 1 unspecified atom stereocenters. The van der Waals surface area contributed by atoms with Crippen molar-refractivity contribution in [2.24, 2.45) is 11.7 Å². The summed E-state index contributed by atoms with van der Waals surface area (Å²) >= 11 is 0. The Labute approximate surface area is 98.3 Å². The van der Waals surface area contributed by atoms with Crippen LogP contribution in [0.3, 0.4) is 0 Å². The second-order valence-electron chi connectivity index (χ2n) is 3.48. The predicted molar refractivity (Wildman–Crippen MR) is 64.2 cm³/mol. The fourth-order valence-corrected chi connectivity index (χ4v) is 1.04. The number of nitrogens with one attached hydrogen (secondary N) is 1. The molecule has 3 N–H and O–H groups in total. The van der Waals surface area contributed by atoms with Gasteiger partial charge in [-0.05, 0) is 19.3 Å². The Kier molecular flexibility index (Phi) is 13.4. The fraction of sp³-hybridized carbons (Fsp3) is 0.900. The van der Waals surface area contributed by atoms with Crippen LogP contribution in [0.15, 0.2) is 0 Å². The van der Waals surface area contributed by atoms with Gasteiger partial charge < -0.3 is 15.8 Å². The molecule has 0 heterocycles. The van der Waals surface area contributed by atoms with Gasteiger partial charge in [0.1, 0.15) is 0 Å². The smallest absolute Gasteiger partial charge is 0.224 e. The van der Waals surface area contributed by atoms with E-state index in [2.05, 4.69) is 5.32 Å². The summed E-state index contributed by atoms with van der Waals surface area (Å²) in [6.07, 6.45) is 3.15. The highest BCUT2D eigenvalue weighted by atomic mass is 35.5. The van der Waals surface area contributed by atoms with Gasteiger partial charge in [0.15, 0.2) is 0 Å². The maximum atomic E-state index is 11.2. The standard InChI is InChI=1S/C10H22N2O2.ClH/c1-9(8-11)10(13)12-6-4-3-5-7-14-2;/h9H,3-8,11H2,1-2H3,(H,12,13);1H. The molecule has 0 fully saturated rings. The first-order valence-electron chi connectivity index (χ1n) is 5.19.